The Bertz CT molecular complexity index is 1200. The van der Waals surface area contributed by atoms with Crippen molar-refractivity contribution in [1.82, 2.24) is 0 Å². The molecule has 4 saturated heterocycles. The van der Waals surface area contributed by atoms with Gasteiger partial charge in [-0.1, -0.05) is 0 Å². The van der Waals surface area contributed by atoms with Gasteiger partial charge in [0.25, 0.3) is 0 Å². The molecular weight excluding hydrogens is 844 g/mol. The molecule has 62 heavy (non-hydrogen) atoms. The minimum Gasteiger partial charge on any atom is -0.394 e. The first kappa shape index (κ1) is 53.6. The van der Waals surface area contributed by atoms with Crippen molar-refractivity contribution in [3.63, 3.8) is 0 Å². The lowest BCUT2D eigenvalue weighted by Crippen LogP contribution is -2.68. The SMILES string of the molecule is CCOCCO[C@@H]1[C@@H](O)[C@H](O[C@@H]2O[C@H](CO)[C@@H](O[C@@H]3O[C@H](COCCOCO)[C@@H](O[C@@H]4O[C@H](COCC)[C@@H](O)[C@H](O)[C@H]4O)[C@H](O)[C@H]3O)[C@H](O)[C@H]2OCCOCC)[C@@H](CO)O[C@H]1O. The molecule has 0 saturated carbocycles. The van der Waals surface area contributed by atoms with Crippen LogP contribution in [0.5, 0.6) is 0 Å². The van der Waals surface area contributed by atoms with Gasteiger partial charge in [0.15, 0.2) is 25.2 Å². The largest absolute Gasteiger partial charge is 0.394 e. The zero-order valence-electron chi connectivity index (χ0n) is 35.1. The predicted octanol–water partition coefficient (Wildman–Crippen LogP) is -6.59. The highest BCUT2D eigenvalue weighted by molar-refractivity contribution is 4.98. The van der Waals surface area contributed by atoms with Crippen molar-refractivity contribution in [3.8, 4) is 0 Å². The monoisotopic (exact) mass is 912 g/mol. The van der Waals surface area contributed by atoms with Gasteiger partial charge in [-0.3, -0.25) is 0 Å². The van der Waals surface area contributed by atoms with Crippen LogP contribution in [0.15, 0.2) is 0 Å². The van der Waals surface area contributed by atoms with Crippen LogP contribution in [0.4, 0.5) is 0 Å². The minimum absolute atomic E-state index is 0.0415. The van der Waals surface area contributed by atoms with Gasteiger partial charge in [0.1, 0.15) is 104 Å². The van der Waals surface area contributed by atoms with Crippen LogP contribution >= 0.6 is 0 Å². The number of aliphatic hydroxyl groups excluding tert-OH is 11. The van der Waals surface area contributed by atoms with E-state index in [-0.39, 0.29) is 52.9 Å². The van der Waals surface area contributed by atoms with E-state index in [1.54, 1.807) is 20.8 Å². The molecular formula is C37H68O25. The van der Waals surface area contributed by atoms with E-state index in [0.29, 0.717) is 13.2 Å². The average Bonchev–Trinajstić information content (AvgIpc) is 3.26. The van der Waals surface area contributed by atoms with Crippen LogP contribution in [-0.2, 0) is 66.3 Å². The van der Waals surface area contributed by atoms with Gasteiger partial charge in [0, 0.05) is 19.8 Å². The first-order valence-corrected chi connectivity index (χ1v) is 20.8. The summed E-state index contributed by atoms with van der Waals surface area (Å²) in [6, 6.07) is 0. The fourth-order valence-corrected chi connectivity index (χ4v) is 7.24. The molecule has 0 aromatic heterocycles. The van der Waals surface area contributed by atoms with Gasteiger partial charge in [-0.25, -0.2) is 0 Å². The molecule has 4 rings (SSSR count). The Labute approximate surface area is 358 Å². The van der Waals surface area contributed by atoms with Crippen molar-refractivity contribution in [2.75, 3.05) is 92.7 Å². The van der Waals surface area contributed by atoms with Crippen LogP contribution < -0.4 is 0 Å². The van der Waals surface area contributed by atoms with Gasteiger partial charge in [-0.05, 0) is 20.8 Å². The van der Waals surface area contributed by atoms with E-state index >= 15 is 0 Å². The van der Waals surface area contributed by atoms with Crippen LogP contribution in [0.3, 0.4) is 0 Å². The Hall–Kier alpha value is -1.00. The summed E-state index contributed by atoms with van der Waals surface area (Å²) in [5, 5.41) is 118. The lowest BCUT2D eigenvalue weighted by Gasteiger charge is -2.50. The Morgan fingerprint density at radius 1 is 0.371 bits per heavy atom. The highest BCUT2D eigenvalue weighted by Crippen LogP contribution is 2.35. The molecule has 0 amide bonds. The molecule has 25 heteroatoms. The van der Waals surface area contributed by atoms with Gasteiger partial charge in [-0.15, -0.1) is 0 Å². The summed E-state index contributed by atoms with van der Waals surface area (Å²) in [6.07, 6.45) is -32.1. The lowest BCUT2D eigenvalue weighted by atomic mass is 9.95. The van der Waals surface area contributed by atoms with E-state index in [0.717, 1.165) is 0 Å². The van der Waals surface area contributed by atoms with E-state index < -0.39 is 149 Å². The third-order valence-corrected chi connectivity index (χ3v) is 10.5. The molecule has 11 N–H and O–H groups in total. The molecule has 0 unspecified atom stereocenters. The number of ether oxygens (including phenoxy) is 14. The van der Waals surface area contributed by atoms with Crippen molar-refractivity contribution in [1.29, 1.82) is 0 Å². The molecule has 0 bridgehead atoms. The second-order valence-electron chi connectivity index (χ2n) is 14.6. The highest BCUT2D eigenvalue weighted by atomic mass is 16.8. The van der Waals surface area contributed by atoms with Gasteiger partial charge in [-0.2, -0.15) is 0 Å². The quantitative estimate of drug-likeness (QED) is 0.0270. The summed E-state index contributed by atoms with van der Waals surface area (Å²) in [7, 11) is 0. The van der Waals surface area contributed by atoms with Crippen LogP contribution in [0, 0.1) is 0 Å². The summed E-state index contributed by atoms with van der Waals surface area (Å²) in [5.74, 6) is 0. The fraction of sp³-hybridized carbons (Fsp3) is 1.00. The van der Waals surface area contributed by atoms with E-state index in [2.05, 4.69) is 0 Å². The molecule has 20 atom stereocenters. The third-order valence-electron chi connectivity index (χ3n) is 10.5. The first-order valence-electron chi connectivity index (χ1n) is 20.8. The molecule has 366 valence electrons. The van der Waals surface area contributed by atoms with Gasteiger partial charge in [0.2, 0.25) is 0 Å². The molecule has 25 nitrogen and oxygen atoms in total. The number of rotatable bonds is 27. The van der Waals surface area contributed by atoms with Crippen LogP contribution in [-0.4, -0.2) is 272 Å². The summed E-state index contributed by atoms with van der Waals surface area (Å²) in [4.78, 5) is 0. The van der Waals surface area contributed by atoms with Crippen molar-refractivity contribution < 1.29 is 122 Å². The van der Waals surface area contributed by atoms with Crippen LogP contribution in [0.25, 0.3) is 0 Å². The Kier molecular flexibility index (Phi) is 23.9. The zero-order chi connectivity index (χ0) is 45.3. The van der Waals surface area contributed by atoms with E-state index in [1.807, 2.05) is 0 Å². The second-order valence-corrected chi connectivity index (χ2v) is 14.6. The topological polar surface area (TPSA) is 352 Å². The summed E-state index contributed by atoms with van der Waals surface area (Å²) in [5.41, 5.74) is 0. The smallest absolute Gasteiger partial charge is 0.187 e. The Morgan fingerprint density at radius 3 is 1.40 bits per heavy atom. The van der Waals surface area contributed by atoms with Crippen molar-refractivity contribution in [3.05, 3.63) is 0 Å². The highest BCUT2D eigenvalue weighted by Gasteiger charge is 2.56. The lowest BCUT2D eigenvalue weighted by molar-refractivity contribution is -0.391. The molecule has 0 aromatic carbocycles. The second kappa shape index (κ2) is 27.6. The van der Waals surface area contributed by atoms with Crippen LogP contribution in [0.2, 0.25) is 0 Å². The van der Waals surface area contributed by atoms with Gasteiger partial charge in [0.05, 0.1) is 66.1 Å². The summed E-state index contributed by atoms with van der Waals surface area (Å²) < 4.78 is 79.4. The van der Waals surface area contributed by atoms with E-state index in [4.69, 9.17) is 71.4 Å². The normalized spacial score (nSPS) is 41.7. The first-order chi connectivity index (χ1) is 29.9. The molecule has 0 spiro atoms. The standard InChI is InChI=1S/C37H68O25/c1-4-49-9-11-54-32-27(46)29(18(13-38)56-34(32)48)62-37-33(55-12-10-50-5-2)28(47)30(19(14-39)57-37)60-36-26(45)24(43)31(21(59-36)16-52-7-8-53-17-40)61-35-25(44)23(42)22(41)20(58-35)15-51-6-3/h18-48H,4-17H2,1-3H3/t18-,19-,20-,21-,22-,23+,24-,25-,26-,27+,28+,29-,30-,31-,32-,33-,34-,35+,36+,37+/m1/s1. The molecule has 4 fully saturated rings. The van der Waals surface area contributed by atoms with E-state index in [1.165, 1.54) is 0 Å². The minimum atomic E-state index is -1.98. The zero-order valence-corrected chi connectivity index (χ0v) is 35.1. The number of hydrogen-bond donors (Lipinski definition) is 11. The van der Waals surface area contributed by atoms with E-state index in [9.17, 15) is 51.1 Å². The van der Waals surface area contributed by atoms with Crippen LogP contribution in [0.1, 0.15) is 20.8 Å². The van der Waals surface area contributed by atoms with Gasteiger partial charge >= 0.3 is 0 Å². The maximum absolute atomic E-state index is 11.9. The fourth-order valence-electron chi connectivity index (χ4n) is 7.24. The van der Waals surface area contributed by atoms with Crippen molar-refractivity contribution in [2.24, 2.45) is 0 Å². The maximum atomic E-state index is 11.9. The third kappa shape index (κ3) is 14.3. The Balaban J connectivity index is 1.55. The molecule has 0 radical (unpaired) electrons. The summed E-state index contributed by atoms with van der Waals surface area (Å²) >= 11 is 0. The van der Waals surface area contributed by atoms with Gasteiger partial charge < -0.3 is 122 Å². The van der Waals surface area contributed by atoms with Crippen molar-refractivity contribution >= 4 is 0 Å². The number of aliphatic hydroxyl groups is 11. The average molecular weight is 913 g/mol. The molecule has 4 aliphatic heterocycles. The summed E-state index contributed by atoms with van der Waals surface area (Å²) in [6.45, 7) is 3.26. The maximum Gasteiger partial charge on any atom is 0.187 e. The Morgan fingerprint density at radius 2 is 0.823 bits per heavy atom. The predicted molar refractivity (Wildman–Crippen MR) is 201 cm³/mol. The molecule has 4 aliphatic rings. The molecule has 0 aliphatic carbocycles. The van der Waals surface area contributed by atoms with Crippen molar-refractivity contribution in [2.45, 2.75) is 144 Å². The number of hydrogen-bond acceptors (Lipinski definition) is 25. The molecule has 0 aromatic rings. The molecule has 4 heterocycles.